The summed E-state index contributed by atoms with van der Waals surface area (Å²) in [6.07, 6.45) is 4.38. The van der Waals surface area contributed by atoms with Crippen molar-refractivity contribution in [3.05, 3.63) is 58.8 Å². The SMILES string of the molecule is C=CC(C1CCN(C(C)C)CC1)C(C)(N=C(C)N)c1cc(-c2cccc(C#N)c2)cs1. The molecule has 0 saturated carbocycles. The van der Waals surface area contributed by atoms with Crippen LogP contribution in [0.15, 0.2) is 53.4 Å². The first kappa shape index (κ1) is 23.2. The van der Waals surface area contributed by atoms with E-state index in [-0.39, 0.29) is 5.92 Å². The molecule has 2 heterocycles. The van der Waals surface area contributed by atoms with Crippen molar-refractivity contribution < 1.29 is 0 Å². The third kappa shape index (κ3) is 5.08. The lowest BCUT2D eigenvalue weighted by Gasteiger charge is -2.42. The molecule has 5 heteroatoms. The van der Waals surface area contributed by atoms with Gasteiger partial charge in [0.1, 0.15) is 5.54 Å². The lowest BCUT2D eigenvalue weighted by atomic mass is 9.72. The molecule has 1 aliphatic heterocycles. The van der Waals surface area contributed by atoms with Crippen molar-refractivity contribution >= 4 is 17.2 Å². The minimum Gasteiger partial charge on any atom is -0.388 e. The van der Waals surface area contributed by atoms with Crippen LogP contribution in [0.3, 0.4) is 0 Å². The van der Waals surface area contributed by atoms with Gasteiger partial charge in [-0.2, -0.15) is 5.26 Å². The van der Waals surface area contributed by atoms with E-state index in [9.17, 15) is 5.26 Å². The van der Waals surface area contributed by atoms with Crippen molar-refractivity contribution in [2.45, 2.75) is 52.1 Å². The van der Waals surface area contributed by atoms with Gasteiger partial charge in [-0.25, -0.2) is 0 Å². The van der Waals surface area contributed by atoms with Gasteiger partial charge in [0, 0.05) is 16.8 Å². The molecule has 1 aromatic carbocycles. The van der Waals surface area contributed by atoms with Crippen molar-refractivity contribution in [1.29, 1.82) is 5.26 Å². The molecule has 31 heavy (non-hydrogen) atoms. The highest BCUT2D eigenvalue weighted by atomic mass is 32.1. The highest BCUT2D eigenvalue weighted by Crippen LogP contribution is 2.45. The zero-order valence-electron chi connectivity index (χ0n) is 19.1. The second kappa shape index (κ2) is 9.80. The zero-order valence-corrected chi connectivity index (χ0v) is 20.0. The zero-order chi connectivity index (χ0) is 22.6. The minimum absolute atomic E-state index is 0.206. The van der Waals surface area contributed by atoms with Crippen LogP contribution in [0.5, 0.6) is 0 Å². The van der Waals surface area contributed by atoms with E-state index in [4.69, 9.17) is 10.7 Å². The van der Waals surface area contributed by atoms with Crippen LogP contribution < -0.4 is 5.73 Å². The highest BCUT2D eigenvalue weighted by molar-refractivity contribution is 7.10. The van der Waals surface area contributed by atoms with Gasteiger partial charge in [-0.3, -0.25) is 4.99 Å². The second-order valence-corrected chi connectivity index (χ2v) is 9.93. The Kier molecular flexibility index (Phi) is 7.35. The Bertz CT molecular complexity index is 971. The number of rotatable bonds is 7. The number of nitrogens with two attached hydrogens (primary N) is 1. The van der Waals surface area contributed by atoms with E-state index < -0.39 is 5.54 Å². The molecule has 2 N–H and O–H groups in total. The number of likely N-dealkylation sites (tertiary alicyclic amines) is 1. The van der Waals surface area contributed by atoms with E-state index >= 15 is 0 Å². The molecule has 2 unspecified atom stereocenters. The predicted octanol–water partition coefficient (Wildman–Crippen LogP) is 5.80. The summed E-state index contributed by atoms with van der Waals surface area (Å²) in [5.41, 5.74) is 8.52. The molecule has 1 aliphatic rings. The average molecular weight is 435 g/mol. The molecule has 2 aromatic rings. The van der Waals surface area contributed by atoms with Crippen LogP contribution in [0.2, 0.25) is 0 Å². The van der Waals surface area contributed by atoms with E-state index in [2.05, 4.69) is 55.8 Å². The van der Waals surface area contributed by atoms with E-state index in [0.717, 1.165) is 37.1 Å². The summed E-state index contributed by atoms with van der Waals surface area (Å²) in [7, 11) is 0. The average Bonchev–Trinajstić information content (AvgIpc) is 3.25. The fourth-order valence-electron chi connectivity index (χ4n) is 4.86. The molecule has 1 aromatic heterocycles. The summed E-state index contributed by atoms with van der Waals surface area (Å²) in [5.74, 6) is 1.32. The van der Waals surface area contributed by atoms with Gasteiger partial charge < -0.3 is 10.6 Å². The first-order valence-electron chi connectivity index (χ1n) is 11.1. The number of hydrogen-bond donors (Lipinski definition) is 1. The number of piperidine rings is 1. The molecule has 4 nitrogen and oxygen atoms in total. The van der Waals surface area contributed by atoms with Gasteiger partial charge in [0.15, 0.2) is 0 Å². The van der Waals surface area contributed by atoms with Crippen molar-refractivity contribution in [3.63, 3.8) is 0 Å². The minimum atomic E-state index is -0.457. The van der Waals surface area contributed by atoms with Crippen LogP contribution in [-0.2, 0) is 5.54 Å². The maximum atomic E-state index is 9.25. The normalized spacial score (nSPS) is 19.0. The van der Waals surface area contributed by atoms with Gasteiger partial charge in [0.2, 0.25) is 0 Å². The first-order chi connectivity index (χ1) is 14.8. The Hall–Kier alpha value is -2.42. The molecule has 0 radical (unpaired) electrons. The quantitative estimate of drug-likeness (QED) is 0.340. The topological polar surface area (TPSA) is 65.4 Å². The van der Waals surface area contributed by atoms with Gasteiger partial charge in [-0.15, -0.1) is 17.9 Å². The highest BCUT2D eigenvalue weighted by Gasteiger charge is 2.41. The molecule has 0 bridgehead atoms. The van der Waals surface area contributed by atoms with Crippen molar-refractivity contribution in [1.82, 2.24) is 4.90 Å². The smallest absolute Gasteiger partial charge is 0.100 e. The Labute approximate surface area is 191 Å². The number of benzene rings is 1. The van der Waals surface area contributed by atoms with Crippen LogP contribution in [-0.4, -0.2) is 29.9 Å². The Balaban J connectivity index is 1.95. The largest absolute Gasteiger partial charge is 0.388 e. The van der Waals surface area contributed by atoms with Crippen LogP contribution >= 0.6 is 11.3 Å². The third-order valence-corrected chi connectivity index (χ3v) is 7.70. The van der Waals surface area contributed by atoms with Gasteiger partial charge >= 0.3 is 0 Å². The maximum Gasteiger partial charge on any atom is 0.100 e. The fraction of sp³-hybridized carbons (Fsp3) is 0.462. The van der Waals surface area contributed by atoms with Crippen LogP contribution in [0.25, 0.3) is 11.1 Å². The molecule has 164 valence electrons. The van der Waals surface area contributed by atoms with E-state index in [1.165, 1.54) is 4.88 Å². The molecule has 1 saturated heterocycles. The molecular weight excluding hydrogens is 400 g/mol. The van der Waals surface area contributed by atoms with E-state index in [0.29, 0.717) is 23.4 Å². The number of thiophene rings is 1. The standard InChI is InChI=1S/C26H34N4S/c1-6-24(21-10-12-30(13-11-21)18(2)3)26(5,29-19(4)28)25-15-23(17-31-25)22-9-7-8-20(14-22)16-27/h6-9,14-15,17-18,21,24H,1,10-13H2,2-5H3,(H2,28,29). The van der Waals surface area contributed by atoms with Crippen molar-refractivity contribution in [3.8, 4) is 17.2 Å². The number of nitrogens with zero attached hydrogens (tertiary/aromatic N) is 3. The van der Waals surface area contributed by atoms with E-state index in [1.807, 2.05) is 31.2 Å². The molecular formula is C26H34N4S. The van der Waals surface area contributed by atoms with Crippen LogP contribution in [0.1, 0.15) is 51.0 Å². The first-order valence-corrected chi connectivity index (χ1v) is 11.9. The Morgan fingerprint density at radius 1 is 1.32 bits per heavy atom. The molecule has 0 aliphatic carbocycles. The summed E-state index contributed by atoms with van der Waals surface area (Å²) in [5, 5.41) is 11.4. The maximum absolute atomic E-state index is 9.25. The van der Waals surface area contributed by atoms with Crippen molar-refractivity contribution in [2.75, 3.05) is 13.1 Å². The number of aliphatic imine (C=N–C) groups is 1. The van der Waals surface area contributed by atoms with Gasteiger partial charge in [-0.05, 0) is 94.3 Å². The van der Waals surface area contributed by atoms with Crippen LogP contribution in [0, 0.1) is 23.2 Å². The second-order valence-electron chi connectivity index (χ2n) is 9.02. The molecule has 3 rings (SSSR count). The molecule has 1 fully saturated rings. The fourth-order valence-corrected chi connectivity index (χ4v) is 5.93. The molecule has 0 spiro atoms. The lowest BCUT2D eigenvalue weighted by Crippen LogP contribution is -2.43. The van der Waals surface area contributed by atoms with E-state index in [1.54, 1.807) is 11.3 Å². The number of nitriles is 1. The summed E-state index contributed by atoms with van der Waals surface area (Å²) < 4.78 is 0. The molecule has 2 atom stereocenters. The summed E-state index contributed by atoms with van der Waals surface area (Å²) in [6, 6.07) is 12.8. The number of hydrogen-bond acceptors (Lipinski definition) is 4. The summed E-state index contributed by atoms with van der Waals surface area (Å²) in [6.45, 7) is 15.1. The lowest BCUT2D eigenvalue weighted by molar-refractivity contribution is 0.110. The third-order valence-electron chi connectivity index (χ3n) is 6.55. The Morgan fingerprint density at radius 2 is 2.03 bits per heavy atom. The predicted molar refractivity (Wildman–Crippen MR) is 132 cm³/mol. The monoisotopic (exact) mass is 434 g/mol. The Morgan fingerprint density at radius 3 is 2.61 bits per heavy atom. The van der Waals surface area contributed by atoms with Crippen LogP contribution in [0.4, 0.5) is 0 Å². The summed E-state index contributed by atoms with van der Waals surface area (Å²) in [4.78, 5) is 8.73. The van der Waals surface area contributed by atoms with Crippen molar-refractivity contribution in [2.24, 2.45) is 22.6 Å². The summed E-state index contributed by atoms with van der Waals surface area (Å²) >= 11 is 1.72. The number of amidine groups is 1. The van der Waals surface area contributed by atoms with Gasteiger partial charge in [0.25, 0.3) is 0 Å². The van der Waals surface area contributed by atoms with Gasteiger partial charge in [-0.1, -0.05) is 18.2 Å². The molecule has 0 amide bonds. The van der Waals surface area contributed by atoms with Gasteiger partial charge in [0.05, 0.1) is 17.5 Å².